The predicted octanol–water partition coefficient (Wildman–Crippen LogP) is 1.73. The second-order valence-corrected chi connectivity index (χ2v) is 7.61. The highest BCUT2D eigenvalue weighted by molar-refractivity contribution is 5.92. The highest BCUT2D eigenvalue weighted by Gasteiger charge is 2.23. The summed E-state index contributed by atoms with van der Waals surface area (Å²) in [5, 5.41) is 4.62. The Morgan fingerprint density at radius 3 is 2.28 bits per heavy atom. The second kappa shape index (κ2) is 9.05. The lowest BCUT2D eigenvalue weighted by Crippen LogP contribution is -2.51. The molecule has 0 saturated carbocycles. The maximum Gasteiger partial charge on any atom is 0.246 e. The van der Waals surface area contributed by atoms with Crippen LogP contribution in [-0.4, -0.2) is 83.1 Å². The highest BCUT2D eigenvalue weighted by Crippen LogP contribution is 2.19. The zero-order valence-corrected chi connectivity index (χ0v) is 17.6. The smallest absolute Gasteiger partial charge is 0.246 e. The van der Waals surface area contributed by atoms with Crippen LogP contribution in [0.5, 0.6) is 0 Å². The van der Waals surface area contributed by atoms with Gasteiger partial charge in [0.1, 0.15) is 0 Å². The summed E-state index contributed by atoms with van der Waals surface area (Å²) >= 11 is 0. The molecule has 1 saturated heterocycles. The molecule has 0 spiro atoms. The Kier molecular flexibility index (Phi) is 6.49. The van der Waals surface area contributed by atoms with Crippen LogP contribution in [0.15, 0.2) is 36.4 Å². The topological polar surface area (TPSA) is 61.7 Å². The first-order chi connectivity index (χ1) is 13.9. The number of likely N-dealkylation sites (N-methyl/N-ethyl adjacent to an activating group) is 1. The highest BCUT2D eigenvalue weighted by atomic mass is 16.2. The zero-order valence-electron chi connectivity index (χ0n) is 17.6. The maximum absolute atomic E-state index is 12.6. The van der Waals surface area contributed by atoms with E-state index in [1.54, 1.807) is 11.0 Å². The molecule has 1 fully saturated rings. The lowest BCUT2D eigenvalue weighted by Gasteiger charge is -2.34. The standard InChI is InChI=1S/C22H29N5O2/c1-17-20(18(2)27(23-17)19-8-6-5-7-9-19)10-11-21(28)25-12-14-26(15-13-25)22(29)16-24(3)4/h5-11H,12-16H2,1-4H3/b11-10+. The summed E-state index contributed by atoms with van der Waals surface area (Å²) in [6.45, 7) is 6.63. The SMILES string of the molecule is Cc1nn(-c2ccccc2)c(C)c1/C=C/C(=O)N1CCN(C(=O)CN(C)C)CC1. The van der Waals surface area contributed by atoms with E-state index in [1.807, 2.05) is 78.8 Å². The van der Waals surface area contributed by atoms with Gasteiger partial charge in [0.2, 0.25) is 11.8 Å². The third-order valence-corrected chi connectivity index (χ3v) is 5.14. The van der Waals surface area contributed by atoms with E-state index in [4.69, 9.17) is 0 Å². The van der Waals surface area contributed by atoms with E-state index < -0.39 is 0 Å². The van der Waals surface area contributed by atoms with Crippen LogP contribution in [0.3, 0.4) is 0 Å². The van der Waals surface area contributed by atoms with Gasteiger partial charge in [-0.1, -0.05) is 18.2 Å². The molecule has 3 rings (SSSR count). The summed E-state index contributed by atoms with van der Waals surface area (Å²) in [6.07, 6.45) is 3.46. The molecule has 2 heterocycles. The first-order valence-electron chi connectivity index (χ1n) is 9.88. The quantitative estimate of drug-likeness (QED) is 0.724. The zero-order chi connectivity index (χ0) is 21.0. The van der Waals surface area contributed by atoms with Gasteiger partial charge >= 0.3 is 0 Å². The van der Waals surface area contributed by atoms with Crippen molar-refractivity contribution in [3.8, 4) is 5.69 Å². The average molecular weight is 396 g/mol. The number of aryl methyl sites for hydroxylation is 1. The summed E-state index contributed by atoms with van der Waals surface area (Å²) < 4.78 is 1.90. The molecule has 1 aromatic heterocycles. The van der Waals surface area contributed by atoms with Gasteiger partial charge in [-0.05, 0) is 46.2 Å². The number of hydrogen-bond acceptors (Lipinski definition) is 4. The van der Waals surface area contributed by atoms with Gasteiger partial charge in [-0.25, -0.2) is 4.68 Å². The van der Waals surface area contributed by atoms with Crippen LogP contribution in [0.4, 0.5) is 0 Å². The summed E-state index contributed by atoms with van der Waals surface area (Å²) in [4.78, 5) is 30.3. The van der Waals surface area contributed by atoms with Crippen molar-refractivity contribution in [2.24, 2.45) is 0 Å². The molecule has 2 aromatic rings. The Hall–Kier alpha value is -2.93. The fourth-order valence-corrected chi connectivity index (χ4v) is 3.52. The Bertz CT molecular complexity index is 893. The molecule has 1 aliphatic heterocycles. The van der Waals surface area contributed by atoms with Crippen molar-refractivity contribution in [2.45, 2.75) is 13.8 Å². The molecule has 1 aromatic carbocycles. The largest absolute Gasteiger partial charge is 0.338 e. The van der Waals surface area contributed by atoms with Gasteiger partial charge in [-0.2, -0.15) is 5.10 Å². The van der Waals surface area contributed by atoms with E-state index in [9.17, 15) is 9.59 Å². The summed E-state index contributed by atoms with van der Waals surface area (Å²) in [7, 11) is 3.76. The van der Waals surface area contributed by atoms with E-state index in [-0.39, 0.29) is 11.8 Å². The minimum Gasteiger partial charge on any atom is -0.338 e. The van der Waals surface area contributed by atoms with Crippen molar-refractivity contribution >= 4 is 17.9 Å². The molecule has 0 atom stereocenters. The number of carbonyl (C=O) groups is 2. The molecular weight excluding hydrogens is 366 g/mol. The molecule has 29 heavy (non-hydrogen) atoms. The molecule has 0 N–H and O–H groups in total. The number of carbonyl (C=O) groups excluding carboxylic acids is 2. The van der Waals surface area contributed by atoms with Crippen LogP contribution >= 0.6 is 0 Å². The van der Waals surface area contributed by atoms with Crippen LogP contribution in [0.2, 0.25) is 0 Å². The second-order valence-electron chi connectivity index (χ2n) is 7.61. The van der Waals surface area contributed by atoms with E-state index in [2.05, 4.69) is 5.10 Å². The van der Waals surface area contributed by atoms with Crippen molar-refractivity contribution in [1.82, 2.24) is 24.5 Å². The van der Waals surface area contributed by atoms with E-state index >= 15 is 0 Å². The van der Waals surface area contributed by atoms with Gasteiger partial charge in [0.25, 0.3) is 0 Å². The first kappa shape index (κ1) is 20.8. The molecule has 0 unspecified atom stereocenters. The van der Waals surface area contributed by atoms with Gasteiger partial charge in [0.05, 0.1) is 17.9 Å². The van der Waals surface area contributed by atoms with Crippen molar-refractivity contribution < 1.29 is 9.59 Å². The van der Waals surface area contributed by atoms with Crippen LogP contribution in [0.1, 0.15) is 17.0 Å². The minimum atomic E-state index is -0.0315. The number of piperazine rings is 1. The number of aromatic nitrogens is 2. The van der Waals surface area contributed by atoms with Crippen molar-refractivity contribution in [1.29, 1.82) is 0 Å². The van der Waals surface area contributed by atoms with Crippen LogP contribution in [0.25, 0.3) is 11.8 Å². The van der Waals surface area contributed by atoms with Crippen LogP contribution in [-0.2, 0) is 9.59 Å². The lowest BCUT2D eigenvalue weighted by molar-refractivity contribution is -0.137. The van der Waals surface area contributed by atoms with Gasteiger partial charge in [0.15, 0.2) is 0 Å². The van der Waals surface area contributed by atoms with E-state index in [1.165, 1.54) is 0 Å². The molecule has 0 bridgehead atoms. The van der Waals surface area contributed by atoms with Gasteiger partial charge in [-0.3, -0.25) is 9.59 Å². The van der Waals surface area contributed by atoms with Crippen molar-refractivity contribution in [2.75, 3.05) is 46.8 Å². The van der Waals surface area contributed by atoms with Gasteiger partial charge < -0.3 is 14.7 Å². The van der Waals surface area contributed by atoms with Crippen LogP contribution < -0.4 is 0 Å². The molecular formula is C22H29N5O2. The van der Waals surface area contributed by atoms with Gasteiger partial charge in [0, 0.05) is 43.5 Å². The van der Waals surface area contributed by atoms with E-state index in [0.29, 0.717) is 32.7 Å². The van der Waals surface area contributed by atoms with Gasteiger partial charge in [-0.15, -0.1) is 0 Å². The Morgan fingerprint density at radius 2 is 1.66 bits per heavy atom. The number of benzene rings is 1. The fraction of sp³-hybridized carbons (Fsp3) is 0.409. The third kappa shape index (κ3) is 4.92. The Labute approximate surface area is 172 Å². The number of para-hydroxylation sites is 1. The monoisotopic (exact) mass is 395 g/mol. The molecule has 0 aliphatic carbocycles. The Morgan fingerprint density at radius 1 is 1.03 bits per heavy atom. The molecule has 154 valence electrons. The normalized spacial score (nSPS) is 14.8. The van der Waals surface area contributed by atoms with Crippen LogP contribution in [0, 0.1) is 13.8 Å². The fourth-order valence-electron chi connectivity index (χ4n) is 3.52. The van der Waals surface area contributed by atoms with Crippen molar-refractivity contribution in [3.63, 3.8) is 0 Å². The van der Waals surface area contributed by atoms with Crippen molar-refractivity contribution in [3.05, 3.63) is 53.4 Å². The molecule has 2 amide bonds. The Balaban J connectivity index is 1.63. The third-order valence-electron chi connectivity index (χ3n) is 5.14. The maximum atomic E-state index is 12.6. The number of nitrogens with zero attached hydrogens (tertiary/aromatic N) is 5. The molecule has 1 aliphatic rings. The number of amides is 2. The molecule has 0 radical (unpaired) electrons. The minimum absolute atomic E-state index is 0.0315. The van der Waals surface area contributed by atoms with E-state index in [0.717, 1.165) is 22.6 Å². The number of rotatable bonds is 5. The molecule has 7 nitrogen and oxygen atoms in total. The predicted molar refractivity (Wildman–Crippen MR) is 114 cm³/mol. The first-order valence-corrected chi connectivity index (χ1v) is 9.88. The summed E-state index contributed by atoms with van der Waals surface area (Å²) in [5.74, 6) is 0.0770. The molecule has 7 heteroatoms. The average Bonchev–Trinajstić information content (AvgIpc) is 3.00. The number of hydrogen-bond donors (Lipinski definition) is 0. The summed E-state index contributed by atoms with van der Waals surface area (Å²) in [6, 6.07) is 9.95. The lowest BCUT2D eigenvalue weighted by atomic mass is 10.1. The summed E-state index contributed by atoms with van der Waals surface area (Å²) in [5.41, 5.74) is 3.84.